The number of carbonyl (C=O) groups excluding carboxylic acids is 1. The number of aromatic amines is 1. The number of fused-ring (bicyclic) bond motifs is 1. The molecule has 0 saturated carbocycles. The van der Waals surface area contributed by atoms with E-state index in [1.807, 2.05) is 24.3 Å². The summed E-state index contributed by atoms with van der Waals surface area (Å²) in [6, 6.07) is 9.21. The Balaban J connectivity index is 1.64. The molecule has 2 N–H and O–H groups in total. The number of nitrogens with zero attached hydrogens (tertiary/aromatic N) is 1. The van der Waals surface area contributed by atoms with Crippen LogP contribution in [0.25, 0.3) is 11.1 Å². The van der Waals surface area contributed by atoms with E-state index in [9.17, 15) is 4.79 Å². The van der Waals surface area contributed by atoms with Gasteiger partial charge in [-0.25, -0.2) is 0 Å². The van der Waals surface area contributed by atoms with E-state index in [2.05, 4.69) is 15.3 Å². The average molecular weight is 299 g/mol. The van der Waals surface area contributed by atoms with Crippen LogP contribution < -0.4 is 5.32 Å². The minimum atomic E-state index is -0.0488. The summed E-state index contributed by atoms with van der Waals surface area (Å²) in [5.74, 6) is -0.0488. The van der Waals surface area contributed by atoms with Crippen LogP contribution in [-0.4, -0.2) is 15.9 Å². The Kier molecular flexibility index (Phi) is 3.79. The largest absolute Gasteiger partial charge is 0.429 e. The van der Waals surface area contributed by atoms with Crippen LogP contribution in [0.3, 0.4) is 0 Å². The summed E-state index contributed by atoms with van der Waals surface area (Å²) in [6.07, 6.45) is 4.54. The van der Waals surface area contributed by atoms with Crippen LogP contribution in [0.1, 0.15) is 12.0 Å². The number of carbonyl (C=O) groups is 1. The number of anilines is 1. The predicted octanol–water partition coefficient (Wildman–Crippen LogP) is 3.46. The maximum absolute atomic E-state index is 11.9. The Bertz CT molecular complexity index is 824. The highest BCUT2D eigenvalue weighted by Crippen LogP contribution is 2.19. The minimum absolute atomic E-state index is 0.0488. The first-order valence-corrected chi connectivity index (χ1v) is 6.93. The molecule has 0 fully saturated rings. The number of H-pyrrole nitrogens is 1. The molecule has 0 saturated heterocycles. The number of oxazole rings is 1. The van der Waals surface area contributed by atoms with Gasteiger partial charge in [-0.3, -0.25) is 9.78 Å². The van der Waals surface area contributed by atoms with Crippen molar-refractivity contribution in [2.45, 2.75) is 12.8 Å². The molecule has 1 amide bonds. The maximum atomic E-state index is 11.9. The molecule has 1 aromatic carbocycles. The van der Waals surface area contributed by atoms with Gasteiger partial charge in [0.1, 0.15) is 0 Å². The first kappa shape index (κ1) is 13.5. The highest BCUT2D eigenvalue weighted by Gasteiger charge is 2.05. The average Bonchev–Trinajstić information content (AvgIpc) is 2.85. The van der Waals surface area contributed by atoms with Gasteiger partial charge in [-0.05, 0) is 42.4 Å². The zero-order valence-corrected chi connectivity index (χ0v) is 11.9. The molecule has 0 bridgehead atoms. The fourth-order valence-electron chi connectivity index (χ4n) is 2.05. The van der Waals surface area contributed by atoms with Gasteiger partial charge in [-0.2, -0.15) is 0 Å². The Morgan fingerprint density at radius 2 is 2.29 bits per heavy atom. The van der Waals surface area contributed by atoms with Crippen molar-refractivity contribution in [1.82, 2.24) is 9.97 Å². The van der Waals surface area contributed by atoms with E-state index in [4.69, 9.17) is 16.6 Å². The zero-order valence-electron chi connectivity index (χ0n) is 11.1. The standard InChI is InChI=1S/C15H13N3O2S/c19-14(6-3-10-2-1-7-16-9-10)17-11-4-5-12-13(8-11)20-15(21)18-12/h1-2,4-5,7-9H,3,6H2,(H,17,19)(H,18,21). The smallest absolute Gasteiger partial charge is 0.266 e. The van der Waals surface area contributed by atoms with E-state index in [0.29, 0.717) is 28.9 Å². The van der Waals surface area contributed by atoms with Crippen LogP contribution in [-0.2, 0) is 11.2 Å². The van der Waals surface area contributed by atoms with Gasteiger partial charge < -0.3 is 14.7 Å². The molecule has 6 heteroatoms. The first-order chi connectivity index (χ1) is 10.2. The van der Waals surface area contributed by atoms with Gasteiger partial charge in [-0.1, -0.05) is 6.07 Å². The molecule has 21 heavy (non-hydrogen) atoms. The third-order valence-corrected chi connectivity index (χ3v) is 3.25. The summed E-state index contributed by atoms with van der Waals surface area (Å²) >= 11 is 4.92. The van der Waals surface area contributed by atoms with E-state index in [-0.39, 0.29) is 5.91 Å². The highest BCUT2D eigenvalue weighted by atomic mass is 32.1. The number of benzene rings is 1. The molecular weight excluding hydrogens is 286 g/mol. The third kappa shape index (κ3) is 3.35. The Hall–Kier alpha value is -2.47. The first-order valence-electron chi connectivity index (χ1n) is 6.52. The number of hydrogen-bond acceptors (Lipinski definition) is 4. The van der Waals surface area contributed by atoms with E-state index in [1.54, 1.807) is 18.5 Å². The Labute approximate surface area is 126 Å². The maximum Gasteiger partial charge on any atom is 0.266 e. The van der Waals surface area contributed by atoms with Crippen LogP contribution in [0.4, 0.5) is 5.69 Å². The molecule has 0 radical (unpaired) electrons. The number of pyridine rings is 1. The molecule has 3 rings (SSSR count). The van der Waals surface area contributed by atoms with Crippen molar-refractivity contribution in [3.63, 3.8) is 0 Å². The molecule has 0 atom stereocenters. The molecule has 0 aliphatic rings. The van der Waals surface area contributed by atoms with Crippen LogP contribution in [0, 0.1) is 4.84 Å². The van der Waals surface area contributed by atoms with Gasteiger partial charge in [-0.15, -0.1) is 0 Å². The lowest BCUT2D eigenvalue weighted by Crippen LogP contribution is -2.12. The van der Waals surface area contributed by atoms with E-state index in [0.717, 1.165) is 11.1 Å². The fraction of sp³-hybridized carbons (Fsp3) is 0.133. The van der Waals surface area contributed by atoms with Gasteiger partial charge in [0.15, 0.2) is 5.58 Å². The topological polar surface area (TPSA) is 70.9 Å². The predicted molar refractivity (Wildman–Crippen MR) is 82.6 cm³/mol. The number of aryl methyl sites for hydroxylation is 1. The monoisotopic (exact) mass is 299 g/mol. The van der Waals surface area contributed by atoms with Crippen molar-refractivity contribution in [3.05, 3.63) is 53.1 Å². The summed E-state index contributed by atoms with van der Waals surface area (Å²) in [5, 5.41) is 2.85. The van der Waals surface area contributed by atoms with Crippen LogP contribution >= 0.6 is 12.2 Å². The Morgan fingerprint density at radius 1 is 1.38 bits per heavy atom. The van der Waals surface area contributed by atoms with Gasteiger partial charge in [0.25, 0.3) is 4.84 Å². The molecule has 0 spiro atoms. The molecule has 0 unspecified atom stereocenters. The second-order valence-electron chi connectivity index (χ2n) is 4.63. The summed E-state index contributed by atoms with van der Waals surface area (Å²) in [4.78, 5) is 19.2. The zero-order chi connectivity index (χ0) is 14.7. The van der Waals surface area contributed by atoms with E-state index >= 15 is 0 Å². The van der Waals surface area contributed by atoms with Crippen molar-refractivity contribution >= 4 is 34.9 Å². The lowest BCUT2D eigenvalue weighted by Gasteiger charge is -2.05. The van der Waals surface area contributed by atoms with Crippen LogP contribution in [0.2, 0.25) is 0 Å². The summed E-state index contributed by atoms with van der Waals surface area (Å²) in [6.45, 7) is 0. The van der Waals surface area contributed by atoms with Gasteiger partial charge in [0.05, 0.1) is 5.52 Å². The molecule has 2 aromatic heterocycles. The number of rotatable bonds is 4. The van der Waals surface area contributed by atoms with Crippen molar-refractivity contribution in [3.8, 4) is 0 Å². The minimum Gasteiger partial charge on any atom is -0.429 e. The van der Waals surface area contributed by atoms with Crippen molar-refractivity contribution in [2.24, 2.45) is 0 Å². The number of amides is 1. The second kappa shape index (κ2) is 5.88. The molecule has 0 aliphatic heterocycles. The second-order valence-corrected chi connectivity index (χ2v) is 5.01. The molecule has 2 heterocycles. The van der Waals surface area contributed by atoms with Gasteiger partial charge in [0.2, 0.25) is 5.91 Å². The lowest BCUT2D eigenvalue weighted by atomic mass is 10.1. The van der Waals surface area contributed by atoms with E-state index in [1.165, 1.54) is 0 Å². The van der Waals surface area contributed by atoms with Crippen molar-refractivity contribution < 1.29 is 9.21 Å². The molecule has 5 nitrogen and oxygen atoms in total. The quantitative estimate of drug-likeness (QED) is 0.724. The number of hydrogen-bond donors (Lipinski definition) is 2. The third-order valence-electron chi connectivity index (χ3n) is 3.07. The summed E-state index contributed by atoms with van der Waals surface area (Å²) in [7, 11) is 0. The van der Waals surface area contributed by atoms with Crippen molar-refractivity contribution in [2.75, 3.05) is 5.32 Å². The summed E-state index contributed by atoms with van der Waals surface area (Å²) < 4.78 is 5.32. The van der Waals surface area contributed by atoms with E-state index < -0.39 is 0 Å². The molecule has 106 valence electrons. The highest BCUT2D eigenvalue weighted by molar-refractivity contribution is 7.71. The molecule has 0 aliphatic carbocycles. The Morgan fingerprint density at radius 3 is 3.10 bits per heavy atom. The number of aromatic nitrogens is 2. The van der Waals surface area contributed by atoms with Crippen LogP contribution in [0.15, 0.2) is 47.1 Å². The van der Waals surface area contributed by atoms with Crippen molar-refractivity contribution in [1.29, 1.82) is 0 Å². The fourth-order valence-corrected chi connectivity index (χ4v) is 2.25. The molecular formula is C15H13N3O2S. The number of nitrogens with one attached hydrogen (secondary N) is 2. The normalized spacial score (nSPS) is 10.7. The van der Waals surface area contributed by atoms with Gasteiger partial charge >= 0.3 is 0 Å². The molecule has 3 aromatic rings. The SMILES string of the molecule is O=C(CCc1cccnc1)Nc1ccc2[nH]c(=S)oc2c1. The lowest BCUT2D eigenvalue weighted by molar-refractivity contribution is -0.116. The van der Waals surface area contributed by atoms with Gasteiger partial charge in [0, 0.05) is 30.6 Å². The summed E-state index contributed by atoms with van der Waals surface area (Å²) in [5.41, 5.74) is 3.18. The van der Waals surface area contributed by atoms with Crippen LogP contribution in [0.5, 0.6) is 0 Å².